The highest BCUT2D eigenvalue weighted by Crippen LogP contribution is 2.32. The smallest absolute Gasteiger partial charge is 0.143 e. The van der Waals surface area contributed by atoms with Crippen LogP contribution in [0.5, 0.6) is 0 Å². The van der Waals surface area contributed by atoms with Crippen LogP contribution >= 0.6 is 11.6 Å². The SMILES string of the molecule is CN(C)CCCOCC1=Cc2cccc3c(cc4c(Cl)ccoc43)c2=NN1COCC[Si](C)(C)C. The summed E-state index contributed by atoms with van der Waals surface area (Å²) >= 11 is 6.47. The molecule has 3 aromatic rings. The Balaban J connectivity index is 1.66. The van der Waals surface area contributed by atoms with Gasteiger partial charge in [-0.3, -0.25) is 0 Å². The Morgan fingerprint density at radius 2 is 1.89 bits per heavy atom. The molecule has 0 amide bonds. The third kappa shape index (κ3) is 6.54. The summed E-state index contributed by atoms with van der Waals surface area (Å²) in [5.74, 6) is 0. The van der Waals surface area contributed by atoms with Crippen molar-refractivity contribution in [2.24, 2.45) is 5.10 Å². The lowest BCUT2D eigenvalue weighted by Gasteiger charge is -2.26. The minimum Gasteiger partial charge on any atom is -0.464 e. The van der Waals surface area contributed by atoms with E-state index in [0.29, 0.717) is 25.0 Å². The lowest BCUT2D eigenvalue weighted by Crippen LogP contribution is -2.31. The van der Waals surface area contributed by atoms with Crippen LogP contribution in [0.15, 0.2) is 51.8 Å². The molecule has 0 saturated heterocycles. The second-order valence-electron chi connectivity index (χ2n) is 10.5. The molecule has 35 heavy (non-hydrogen) atoms. The molecule has 4 rings (SSSR count). The summed E-state index contributed by atoms with van der Waals surface area (Å²) in [5.41, 5.74) is 2.81. The Morgan fingerprint density at radius 1 is 1.06 bits per heavy atom. The van der Waals surface area contributed by atoms with Crippen molar-refractivity contribution in [1.82, 2.24) is 9.91 Å². The van der Waals surface area contributed by atoms with Gasteiger partial charge < -0.3 is 18.8 Å². The fourth-order valence-corrected chi connectivity index (χ4v) is 4.99. The zero-order chi connectivity index (χ0) is 25.0. The van der Waals surface area contributed by atoms with Crippen molar-refractivity contribution in [2.45, 2.75) is 32.1 Å². The van der Waals surface area contributed by atoms with Crippen LogP contribution in [-0.2, 0) is 9.47 Å². The van der Waals surface area contributed by atoms with Crippen molar-refractivity contribution in [3.63, 3.8) is 0 Å². The molecular formula is C27H36ClN3O3Si. The van der Waals surface area contributed by atoms with E-state index in [-0.39, 0.29) is 0 Å². The molecule has 8 heteroatoms. The first-order chi connectivity index (χ1) is 16.7. The molecule has 2 aromatic carbocycles. The Labute approximate surface area is 213 Å². The molecular weight excluding hydrogens is 478 g/mol. The Hall–Kier alpha value is -2.16. The monoisotopic (exact) mass is 513 g/mol. The van der Waals surface area contributed by atoms with Gasteiger partial charge in [-0.15, -0.1) is 0 Å². The van der Waals surface area contributed by atoms with E-state index in [1.807, 2.05) is 11.1 Å². The average Bonchev–Trinajstić information content (AvgIpc) is 3.07. The summed E-state index contributed by atoms with van der Waals surface area (Å²) in [4.78, 5) is 2.17. The molecule has 0 spiro atoms. The lowest BCUT2D eigenvalue weighted by atomic mass is 10.1. The van der Waals surface area contributed by atoms with Gasteiger partial charge in [0.15, 0.2) is 0 Å². The van der Waals surface area contributed by atoms with Crippen LogP contribution in [-0.4, -0.2) is 65.2 Å². The van der Waals surface area contributed by atoms with E-state index >= 15 is 0 Å². The van der Waals surface area contributed by atoms with Crippen LogP contribution in [0.2, 0.25) is 30.7 Å². The predicted octanol–water partition coefficient (Wildman–Crippen LogP) is 5.99. The normalized spacial score (nSPS) is 13.9. The van der Waals surface area contributed by atoms with Gasteiger partial charge in [-0.05, 0) is 51.3 Å². The maximum atomic E-state index is 6.47. The average molecular weight is 514 g/mol. The van der Waals surface area contributed by atoms with E-state index in [1.165, 1.54) is 0 Å². The van der Waals surface area contributed by atoms with Crippen LogP contribution in [0, 0.1) is 0 Å². The van der Waals surface area contributed by atoms with Crippen molar-refractivity contribution >= 4 is 47.5 Å². The summed E-state index contributed by atoms with van der Waals surface area (Å²) in [5, 5.41) is 11.4. The number of nitrogens with zero attached hydrogens (tertiary/aromatic N) is 3. The first-order valence-electron chi connectivity index (χ1n) is 12.2. The number of ether oxygens (including phenoxy) is 2. The van der Waals surface area contributed by atoms with Crippen LogP contribution in [0.4, 0.5) is 0 Å². The maximum Gasteiger partial charge on any atom is 0.143 e. The number of halogens is 1. The summed E-state index contributed by atoms with van der Waals surface area (Å²) < 4.78 is 17.9. The Bertz CT molecular complexity index is 1280. The summed E-state index contributed by atoms with van der Waals surface area (Å²) in [6, 6.07) is 11.1. The standard InChI is InChI=1S/C27H36ClN3O3Si/c1-30(2)11-7-12-32-18-21-16-20-8-6-9-22-23(17-24-25(28)10-13-34-27(22)24)26(20)29-31(21)19-33-14-15-35(3,4)5/h6,8-10,13,16-17H,7,11-12,14-15,18-19H2,1-5H3. The maximum absolute atomic E-state index is 6.47. The summed E-state index contributed by atoms with van der Waals surface area (Å²) in [7, 11) is 2.98. The molecule has 0 aliphatic carbocycles. The molecule has 1 aliphatic rings. The Kier molecular flexibility index (Phi) is 8.34. The minimum atomic E-state index is -1.17. The van der Waals surface area contributed by atoms with E-state index in [2.05, 4.69) is 62.9 Å². The molecule has 0 saturated carbocycles. The molecule has 0 unspecified atom stereocenters. The van der Waals surface area contributed by atoms with Crippen molar-refractivity contribution in [3.05, 3.63) is 58.2 Å². The molecule has 0 bridgehead atoms. The number of rotatable bonds is 11. The third-order valence-corrected chi connectivity index (χ3v) is 8.05. The van der Waals surface area contributed by atoms with Crippen molar-refractivity contribution in [1.29, 1.82) is 0 Å². The fourth-order valence-electron chi connectivity index (χ4n) is 4.04. The van der Waals surface area contributed by atoms with Crippen LogP contribution in [0.25, 0.3) is 27.8 Å². The predicted molar refractivity (Wildman–Crippen MR) is 147 cm³/mol. The summed E-state index contributed by atoms with van der Waals surface area (Å²) in [6.07, 6.45) is 4.78. The lowest BCUT2D eigenvalue weighted by molar-refractivity contribution is 0.0385. The van der Waals surface area contributed by atoms with Gasteiger partial charge in [-0.1, -0.05) is 49.4 Å². The second-order valence-corrected chi connectivity index (χ2v) is 16.5. The molecule has 1 aliphatic heterocycles. The first kappa shape index (κ1) is 25.9. The largest absolute Gasteiger partial charge is 0.464 e. The number of fused-ring (bicyclic) bond motifs is 5. The van der Waals surface area contributed by atoms with Gasteiger partial charge in [-0.2, -0.15) is 5.10 Å². The van der Waals surface area contributed by atoms with Crippen LogP contribution in [0.3, 0.4) is 0 Å². The van der Waals surface area contributed by atoms with E-state index in [4.69, 9.17) is 30.6 Å². The zero-order valence-electron chi connectivity index (χ0n) is 21.4. The second kappa shape index (κ2) is 11.3. The van der Waals surface area contributed by atoms with Crippen molar-refractivity contribution in [2.75, 3.05) is 47.2 Å². The van der Waals surface area contributed by atoms with Crippen LogP contribution in [0.1, 0.15) is 12.0 Å². The highest BCUT2D eigenvalue weighted by Gasteiger charge is 2.19. The highest BCUT2D eigenvalue weighted by atomic mass is 35.5. The zero-order valence-corrected chi connectivity index (χ0v) is 23.2. The highest BCUT2D eigenvalue weighted by molar-refractivity contribution is 6.76. The van der Waals surface area contributed by atoms with Gasteiger partial charge >= 0.3 is 0 Å². The van der Waals surface area contributed by atoms with E-state index in [0.717, 1.165) is 64.0 Å². The van der Waals surface area contributed by atoms with Gasteiger partial charge in [0.25, 0.3) is 0 Å². The van der Waals surface area contributed by atoms with Gasteiger partial charge in [0.2, 0.25) is 0 Å². The topological polar surface area (TPSA) is 50.4 Å². The molecule has 188 valence electrons. The van der Waals surface area contributed by atoms with Gasteiger partial charge in [0.05, 0.1) is 28.9 Å². The molecule has 0 radical (unpaired) electrons. The molecule has 1 aromatic heterocycles. The van der Waals surface area contributed by atoms with Crippen molar-refractivity contribution < 1.29 is 13.9 Å². The molecule has 2 heterocycles. The quantitative estimate of drug-likeness (QED) is 0.233. The van der Waals surface area contributed by atoms with Gasteiger partial charge in [0, 0.05) is 43.0 Å². The van der Waals surface area contributed by atoms with E-state index in [1.54, 1.807) is 12.3 Å². The molecule has 0 atom stereocenters. The van der Waals surface area contributed by atoms with Crippen molar-refractivity contribution in [3.8, 4) is 0 Å². The van der Waals surface area contributed by atoms with Gasteiger partial charge in [0.1, 0.15) is 12.3 Å². The molecule has 6 nitrogen and oxygen atoms in total. The fraction of sp³-hybridized carbons (Fsp3) is 0.444. The summed E-state index contributed by atoms with van der Waals surface area (Å²) in [6.45, 7) is 10.4. The first-order valence-corrected chi connectivity index (χ1v) is 16.3. The third-order valence-electron chi connectivity index (χ3n) is 6.02. The van der Waals surface area contributed by atoms with E-state index in [9.17, 15) is 0 Å². The van der Waals surface area contributed by atoms with Gasteiger partial charge in [-0.25, -0.2) is 5.01 Å². The number of hydrogen-bond donors (Lipinski definition) is 0. The minimum absolute atomic E-state index is 0.391. The van der Waals surface area contributed by atoms with Crippen LogP contribution < -0.4 is 5.36 Å². The molecule has 0 N–H and O–H groups in total. The Morgan fingerprint density at radius 3 is 2.66 bits per heavy atom. The number of hydrogen-bond acceptors (Lipinski definition) is 6. The molecule has 0 fully saturated rings. The van der Waals surface area contributed by atoms with E-state index < -0.39 is 8.07 Å².